The number of thioether (sulfide) groups is 1. The Morgan fingerprint density at radius 3 is 1.94 bits per heavy atom. The first-order valence-corrected chi connectivity index (χ1v) is 12.7. The van der Waals surface area contributed by atoms with Crippen molar-refractivity contribution in [2.24, 2.45) is 23.1 Å². The summed E-state index contributed by atoms with van der Waals surface area (Å²) >= 11 is 1.47. The molecule has 0 saturated heterocycles. The van der Waals surface area contributed by atoms with Gasteiger partial charge in [0.25, 0.3) is 0 Å². The molecule has 4 unspecified atom stereocenters. The van der Waals surface area contributed by atoms with Crippen molar-refractivity contribution in [1.82, 2.24) is 16.0 Å². The first-order valence-electron chi connectivity index (χ1n) is 11.3. The average Bonchev–Trinajstić information content (AvgIpc) is 2.76. The maximum Gasteiger partial charge on any atom is 0.326 e. The lowest BCUT2D eigenvalue weighted by atomic mass is 10.0. The summed E-state index contributed by atoms with van der Waals surface area (Å²) in [6.45, 7) is 3.74. The second-order valence-corrected chi connectivity index (χ2v) is 9.35. The molecule has 0 spiro atoms. The van der Waals surface area contributed by atoms with Crippen LogP contribution in [-0.4, -0.2) is 77.4 Å². The van der Waals surface area contributed by atoms with Crippen molar-refractivity contribution in [2.45, 2.75) is 76.5 Å². The third-order valence-corrected chi connectivity index (χ3v) is 5.74. The topological polar surface area (TPSA) is 220 Å². The number of carbonyl (C=O) groups is 5. The Bertz CT molecular complexity index is 693. The smallest absolute Gasteiger partial charge is 0.326 e. The number of primary amides is 1. The number of hydrogen-bond donors (Lipinski definition) is 7. The SMILES string of the molecule is CSCCC(NC(=O)C(N)CCCCN)C(=O)NC(CCC(N)=O)C(=O)NC(C(=O)O)C(C)C. The molecule has 13 heteroatoms. The lowest BCUT2D eigenvalue weighted by molar-refractivity contribution is -0.143. The predicted octanol–water partition coefficient (Wildman–Crippen LogP) is -1.34. The van der Waals surface area contributed by atoms with Gasteiger partial charge in [0.15, 0.2) is 0 Å². The number of carboxylic acid groups (broad SMARTS) is 1. The number of hydrogen-bond acceptors (Lipinski definition) is 8. The molecule has 0 aliphatic carbocycles. The summed E-state index contributed by atoms with van der Waals surface area (Å²) in [4.78, 5) is 60.9. The van der Waals surface area contributed by atoms with E-state index in [4.69, 9.17) is 17.2 Å². The van der Waals surface area contributed by atoms with Crippen LogP contribution in [0.3, 0.4) is 0 Å². The lowest BCUT2D eigenvalue weighted by Gasteiger charge is -2.26. The maximum atomic E-state index is 13.0. The van der Waals surface area contributed by atoms with Gasteiger partial charge in [-0.25, -0.2) is 4.79 Å². The van der Waals surface area contributed by atoms with Crippen LogP contribution in [0.5, 0.6) is 0 Å². The zero-order valence-electron chi connectivity index (χ0n) is 20.2. The lowest BCUT2D eigenvalue weighted by Crippen LogP contribution is -2.57. The Balaban J connectivity index is 5.44. The van der Waals surface area contributed by atoms with E-state index in [-0.39, 0.29) is 19.3 Å². The van der Waals surface area contributed by atoms with Crippen LogP contribution in [0.1, 0.15) is 52.4 Å². The first kappa shape index (κ1) is 31.6. The van der Waals surface area contributed by atoms with Crippen LogP contribution < -0.4 is 33.2 Å². The van der Waals surface area contributed by atoms with Gasteiger partial charge in [-0.05, 0) is 50.2 Å². The van der Waals surface area contributed by atoms with E-state index in [1.807, 2.05) is 6.26 Å². The van der Waals surface area contributed by atoms with E-state index in [2.05, 4.69) is 16.0 Å². The van der Waals surface area contributed by atoms with Gasteiger partial charge >= 0.3 is 5.97 Å². The van der Waals surface area contributed by atoms with Crippen LogP contribution in [0, 0.1) is 5.92 Å². The minimum Gasteiger partial charge on any atom is -0.480 e. The fraction of sp³-hybridized carbons (Fsp3) is 0.762. The Hall–Kier alpha value is -2.38. The molecule has 196 valence electrons. The zero-order valence-corrected chi connectivity index (χ0v) is 21.0. The zero-order chi connectivity index (χ0) is 26.3. The van der Waals surface area contributed by atoms with Crippen molar-refractivity contribution in [2.75, 3.05) is 18.6 Å². The molecular weight excluding hydrogens is 464 g/mol. The number of carboxylic acids is 1. The van der Waals surface area contributed by atoms with Crippen molar-refractivity contribution in [3.05, 3.63) is 0 Å². The fourth-order valence-electron chi connectivity index (χ4n) is 3.02. The number of aliphatic carboxylic acids is 1. The first-order chi connectivity index (χ1) is 15.9. The molecule has 34 heavy (non-hydrogen) atoms. The highest BCUT2D eigenvalue weighted by Crippen LogP contribution is 2.07. The minimum absolute atomic E-state index is 0.126. The highest BCUT2D eigenvalue weighted by atomic mass is 32.2. The van der Waals surface area contributed by atoms with Gasteiger partial charge in [0.2, 0.25) is 23.6 Å². The third kappa shape index (κ3) is 12.8. The Morgan fingerprint density at radius 2 is 1.44 bits per heavy atom. The van der Waals surface area contributed by atoms with E-state index in [1.54, 1.807) is 13.8 Å². The Morgan fingerprint density at radius 1 is 0.882 bits per heavy atom. The molecule has 0 rings (SSSR count). The van der Waals surface area contributed by atoms with Gasteiger partial charge in [-0.2, -0.15) is 11.8 Å². The number of carbonyl (C=O) groups excluding carboxylic acids is 4. The largest absolute Gasteiger partial charge is 0.480 e. The monoisotopic (exact) mass is 504 g/mol. The number of nitrogens with one attached hydrogen (secondary N) is 3. The van der Waals surface area contributed by atoms with Crippen LogP contribution in [0.2, 0.25) is 0 Å². The van der Waals surface area contributed by atoms with E-state index >= 15 is 0 Å². The highest BCUT2D eigenvalue weighted by Gasteiger charge is 2.31. The van der Waals surface area contributed by atoms with Gasteiger partial charge in [0.1, 0.15) is 18.1 Å². The molecule has 0 heterocycles. The molecule has 0 bridgehead atoms. The van der Waals surface area contributed by atoms with Gasteiger partial charge in [0, 0.05) is 6.42 Å². The van der Waals surface area contributed by atoms with E-state index < -0.39 is 59.7 Å². The highest BCUT2D eigenvalue weighted by molar-refractivity contribution is 7.98. The molecule has 12 nitrogen and oxygen atoms in total. The molecule has 0 aromatic heterocycles. The quantitative estimate of drug-likeness (QED) is 0.110. The molecule has 0 radical (unpaired) electrons. The molecule has 4 amide bonds. The summed E-state index contributed by atoms with van der Waals surface area (Å²) in [7, 11) is 0. The van der Waals surface area contributed by atoms with Crippen LogP contribution in [0.4, 0.5) is 0 Å². The van der Waals surface area contributed by atoms with Gasteiger partial charge in [0.05, 0.1) is 6.04 Å². The summed E-state index contributed by atoms with van der Waals surface area (Å²) in [6.07, 6.45) is 3.60. The average molecular weight is 505 g/mol. The van der Waals surface area contributed by atoms with Crippen molar-refractivity contribution in [3.8, 4) is 0 Å². The Kier molecular flexibility index (Phi) is 15.9. The number of rotatable bonds is 18. The summed E-state index contributed by atoms with van der Waals surface area (Å²) in [5.41, 5.74) is 16.6. The summed E-state index contributed by atoms with van der Waals surface area (Å²) in [5, 5.41) is 16.9. The number of amides is 4. The number of unbranched alkanes of at least 4 members (excludes halogenated alkanes) is 1. The molecule has 10 N–H and O–H groups in total. The standard InChI is InChI=1S/C21H40N6O6S/c1-12(2)17(21(32)33)27-20(31)14(7-8-16(24)28)26-19(30)15(9-11-34-3)25-18(29)13(23)6-4-5-10-22/h12-15,17H,4-11,22-23H2,1-3H3,(H2,24,28)(H,25,29)(H,26,30)(H,27,31)(H,32,33). The number of nitrogens with two attached hydrogens (primary N) is 3. The second-order valence-electron chi connectivity index (χ2n) is 8.37. The van der Waals surface area contributed by atoms with Gasteiger partial charge in [-0.3, -0.25) is 19.2 Å². The normalized spacial score (nSPS) is 14.5. The van der Waals surface area contributed by atoms with Gasteiger partial charge < -0.3 is 38.3 Å². The molecule has 0 aliphatic rings. The van der Waals surface area contributed by atoms with E-state index in [1.165, 1.54) is 11.8 Å². The molecule has 4 atom stereocenters. The molecule has 0 aliphatic heterocycles. The van der Waals surface area contributed by atoms with E-state index in [0.29, 0.717) is 25.1 Å². The molecule has 0 aromatic carbocycles. The molecule has 0 saturated carbocycles. The summed E-state index contributed by atoms with van der Waals surface area (Å²) in [5.74, 6) is -3.67. The summed E-state index contributed by atoms with van der Waals surface area (Å²) in [6, 6.07) is -4.18. The maximum absolute atomic E-state index is 13.0. The van der Waals surface area contributed by atoms with Crippen molar-refractivity contribution in [3.63, 3.8) is 0 Å². The molecule has 0 fully saturated rings. The summed E-state index contributed by atoms with van der Waals surface area (Å²) < 4.78 is 0. The fourth-order valence-corrected chi connectivity index (χ4v) is 3.49. The van der Waals surface area contributed by atoms with Gasteiger partial charge in [-0.15, -0.1) is 0 Å². The van der Waals surface area contributed by atoms with Crippen LogP contribution in [-0.2, 0) is 24.0 Å². The van der Waals surface area contributed by atoms with Gasteiger partial charge in [-0.1, -0.05) is 20.3 Å². The minimum atomic E-state index is -1.22. The van der Waals surface area contributed by atoms with Crippen LogP contribution >= 0.6 is 11.8 Å². The third-order valence-electron chi connectivity index (χ3n) is 5.09. The molecular formula is C21H40N6O6S. The van der Waals surface area contributed by atoms with Crippen LogP contribution in [0.15, 0.2) is 0 Å². The molecule has 0 aromatic rings. The van der Waals surface area contributed by atoms with Crippen molar-refractivity contribution >= 4 is 41.4 Å². The predicted molar refractivity (Wildman–Crippen MR) is 131 cm³/mol. The van der Waals surface area contributed by atoms with Crippen molar-refractivity contribution < 1.29 is 29.1 Å². The van der Waals surface area contributed by atoms with Crippen LogP contribution in [0.25, 0.3) is 0 Å². The van der Waals surface area contributed by atoms with Crippen molar-refractivity contribution in [1.29, 1.82) is 0 Å². The Labute approximate surface area is 204 Å². The second kappa shape index (κ2) is 17.1. The van der Waals surface area contributed by atoms with E-state index in [9.17, 15) is 29.1 Å². The van der Waals surface area contributed by atoms with E-state index in [0.717, 1.165) is 6.42 Å².